The van der Waals surface area contributed by atoms with Crippen molar-refractivity contribution in [3.63, 3.8) is 0 Å². The third-order valence-corrected chi connectivity index (χ3v) is 3.38. The number of pyridine rings is 1. The van der Waals surface area contributed by atoms with Gasteiger partial charge in [0.05, 0.1) is 6.21 Å². The van der Waals surface area contributed by atoms with E-state index in [0.717, 1.165) is 5.76 Å². The summed E-state index contributed by atoms with van der Waals surface area (Å²) >= 11 is 0. The van der Waals surface area contributed by atoms with Gasteiger partial charge in [0.15, 0.2) is 0 Å². The number of nitrogens with zero attached hydrogens (tertiary/aromatic N) is 2. The number of hydrazone groups is 1. The Morgan fingerprint density at radius 1 is 1.45 bits per heavy atom. The third kappa shape index (κ3) is 2.77. The van der Waals surface area contributed by atoms with Crippen molar-refractivity contribution in [2.45, 2.75) is 19.3 Å². The molecule has 0 radical (unpaired) electrons. The Hall–Kier alpha value is -2.43. The first-order chi connectivity index (χ1) is 9.74. The Morgan fingerprint density at radius 3 is 3.00 bits per heavy atom. The van der Waals surface area contributed by atoms with Gasteiger partial charge in [-0.15, -0.1) is 0 Å². The zero-order valence-electron chi connectivity index (χ0n) is 11.1. The molecule has 0 saturated heterocycles. The Balaban J connectivity index is 1.58. The lowest BCUT2D eigenvalue weighted by Crippen LogP contribution is -2.18. The molecule has 1 saturated carbocycles. The van der Waals surface area contributed by atoms with Crippen molar-refractivity contribution >= 4 is 12.1 Å². The molecule has 0 bridgehead atoms. The van der Waals surface area contributed by atoms with Crippen LogP contribution in [0.1, 0.15) is 41.3 Å². The molecule has 1 aliphatic carbocycles. The van der Waals surface area contributed by atoms with Crippen LogP contribution in [0.15, 0.2) is 46.0 Å². The first-order valence-electron chi connectivity index (χ1n) is 6.58. The van der Waals surface area contributed by atoms with E-state index in [4.69, 9.17) is 4.42 Å². The van der Waals surface area contributed by atoms with Crippen LogP contribution in [0.5, 0.6) is 0 Å². The number of rotatable bonds is 4. The van der Waals surface area contributed by atoms with Crippen LogP contribution in [0.2, 0.25) is 0 Å². The molecule has 0 aliphatic heterocycles. The number of carbonyl (C=O) groups is 1. The van der Waals surface area contributed by atoms with Gasteiger partial charge < -0.3 is 4.42 Å². The maximum atomic E-state index is 11.7. The highest BCUT2D eigenvalue weighted by Crippen LogP contribution is 2.47. The van der Waals surface area contributed by atoms with Crippen LogP contribution in [0, 0.1) is 5.92 Å². The van der Waals surface area contributed by atoms with Crippen LogP contribution in [-0.2, 0) is 0 Å². The second-order valence-corrected chi connectivity index (χ2v) is 4.97. The lowest BCUT2D eigenvalue weighted by atomic mass is 10.3. The summed E-state index contributed by atoms with van der Waals surface area (Å²) in [5.74, 6) is 2.54. The summed E-state index contributed by atoms with van der Waals surface area (Å²) in [5, 5.41) is 3.87. The van der Waals surface area contributed by atoms with Gasteiger partial charge in [-0.1, -0.05) is 13.0 Å². The van der Waals surface area contributed by atoms with Gasteiger partial charge in [0.1, 0.15) is 17.2 Å². The first kappa shape index (κ1) is 12.6. The molecule has 0 spiro atoms. The maximum Gasteiger partial charge on any atom is 0.289 e. The standard InChI is InChI=1S/C15H15N3O2/c1-10-8-12(10)14-6-5-11(20-14)9-17-18-15(19)13-4-2-3-7-16-13/h2-7,9-10,12H,8H2,1H3,(H,18,19)/b17-9-/t10-,12-/m1/s1. The number of amides is 1. The summed E-state index contributed by atoms with van der Waals surface area (Å²) in [7, 11) is 0. The van der Waals surface area contributed by atoms with Gasteiger partial charge in [-0.3, -0.25) is 9.78 Å². The van der Waals surface area contributed by atoms with Crippen LogP contribution in [0.3, 0.4) is 0 Å². The highest BCUT2D eigenvalue weighted by molar-refractivity contribution is 5.92. The van der Waals surface area contributed by atoms with Gasteiger partial charge in [-0.25, -0.2) is 5.43 Å². The molecule has 5 nitrogen and oxygen atoms in total. The average molecular weight is 269 g/mol. The van der Waals surface area contributed by atoms with E-state index in [1.165, 1.54) is 12.6 Å². The topological polar surface area (TPSA) is 67.5 Å². The van der Waals surface area contributed by atoms with Gasteiger partial charge in [-0.2, -0.15) is 5.10 Å². The molecule has 1 aliphatic rings. The van der Waals surface area contributed by atoms with Crippen LogP contribution in [0.4, 0.5) is 0 Å². The monoisotopic (exact) mass is 269 g/mol. The maximum absolute atomic E-state index is 11.7. The van der Waals surface area contributed by atoms with E-state index >= 15 is 0 Å². The highest BCUT2D eigenvalue weighted by atomic mass is 16.3. The number of aromatic nitrogens is 1. The van der Waals surface area contributed by atoms with E-state index in [0.29, 0.717) is 23.3 Å². The van der Waals surface area contributed by atoms with E-state index in [-0.39, 0.29) is 5.91 Å². The fraction of sp³-hybridized carbons (Fsp3) is 0.267. The van der Waals surface area contributed by atoms with Crippen molar-refractivity contribution < 1.29 is 9.21 Å². The minimum absolute atomic E-state index is 0.330. The minimum atomic E-state index is -0.343. The Kier molecular flexibility index (Phi) is 3.33. The van der Waals surface area contributed by atoms with Gasteiger partial charge in [0, 0.05) is 12.1 Å². The number of hydrogen-bond acceptors (Lipinski definition) is 4. The summed E-state index contributed by atoms with van der Waals surface area (Å²) in [5.41, 5.74) is 2.75. The van der Waals surface area contributed by atoms with E-state index < -0.39 is 0 Å². The highest BCUT2D eigenvalue weighted by Gasteiger charge is 2.36. The molecule has 3 rings (SSSR count). The lowest BCUT2D eigenvalue weighted by molar-refractivity contribution is 0.0950. The SMILES string of the molecule is C[C@@H]1C[C@H]1c1ccc(/C=N\NC(=O)c2ccccn2)o1. The van der Waals surface area contributed by atoms with Gasteiger partial charge >= 0.3 is 0 Å². The predicted molar refractivity (Wildman–Crippen MR) is 74.5 cm³/mol. The molecule has 1 amide bonds. The largest absolute Gasteiger partial charge is 0.460 e. The second-order valence-electron chi connectivity index (χ2n) is 4.97. The van der Waals surface area contributed by atoms with Crippen molar-refractivity contribution in [2.24, 2.45) is 11.0 Å². The lowest BCUT2D eigenvalue weighted by Gasteiger charge is -1.97. The van der Waals surface area contributed by atoms with Crippen LogP contribution >= 0.6 is 0 Å². The molecule has 2 atom stereocenters. The fourth-order valence-corrected chi connectivity index (χ4v) is 2.06. The van der Waals surface area contributed by atoms with Gasteiger partial charge in [0.2, 0.25) is 0 Å². The molecule has 5 heteroatoms. The van der Waals surface area contributed by atoms with Gasteiger partial charge in [0.25, 0.3) is 5.91 Å². The molecular weight excluding hydrogens is 254 g/mol. The zero-order chi connectivity index (χ0) is 13.9. The third-order valence-electron chi connectivity index (χ3n) is 3.38. The number of furan rings is 1. The van der Waals surface area contributed by atoms with Crippen molar-refractivity contribution in [3.05, 3.63) is 53.7 Å². The normalized spacial score (nSPS) is 21.1. The van der Waals surface area contributed by atoms with Gasteiger partial charge in [-0.05, 0) is 36.6 Å². The summed E-state index contributed by atoms with van der Waals surface area (Å²) in [6, 6.07) is 8.96. The van der Waals surface area contributed by atoms with Crippen molar-refractivity contribution in [3.8, 4) is 0 Å². The Bertz CT molecular complexity index is 634. The molecule has 2 aromatic heterocycles. The molecule has 0 aromatic carbocycles. The quantitative estimate of drug-likeness (QED) is 0.685. The molecular formula is C15H15N3O2. The number of carbonyl (C=O) groups excluding carboxylic acids is 1. The molecule has 20 heavy (non-hydrogen) atoms. The van der Waals surface area contributed by atoms with Crippen molar-refractivity contribution in [1.29, 1.82) is 0 Å². The molecule has 1 N–H and O–H groups in total. The number of nitrogens with one attached hydrogen (secondary N) is 1. The van der Waals surface area contributed by atoms with Crippen molar-refractivity contribution in [1.82, 2.24) is 10.4 Å². The van der Waals surface area contributed by atoms with E-state index in [1.807, 2.05) is 12.1 Å². The fourth-order valence-electron chi connectivity index (χ4n) is 2.06. The van der Waals surface area contributed by atoms with E-state index in [9.17, 15) is 4.79 Å². The second kappa shape index (κ2) is 5.28. The Labute approximate surface area is 116 Å². The Morgan fingerprint density at radius 2 is 2.30 bits per heavy atom. The summed E-state index contributed by atoms with van der Waals surface area (Å²) in [6.07, 6.45) is 4.24. The molecule has 102 valence electrons. The van der Waals surface area contributed by atoms with E-state index in [2.05, 4.69) is 22.4 Å². The van der Waals surface area contributed by atoms with Crippen LogP contribution < -0.4 is 5.43 Å². The van der Waals surface area contributed by atoms with E-state index in [1.54, 1.807) is 24.4 Å². The smallest absolute Gasteiger partial charge is 0.289 e. The van der Waals surface area contributed by atoms with Crippen LogP contribution in [0.25, 0.3) is 0 Å². The number of hydrogen-bond donors (Lipinski definition) is 1. The molecule has 2 aromatic rings. The molecule has 2 heterocycles. The minimum Gasteiger partial charge on any atom is -0.460 e. The first-order valence-corrected chi connectivity index (χ1v) is 6.58. The average Bonchev–Trinajstić information content (AvgIpc) is 3.01. The predicted octanol–water partition coefficient (Wildman–Crippen LogP) is 2.56. The summed E-state index contributed by atoms with van der Waals surface area (Å²) < 4.78 is 5.65. The molecule has 1 fully saturated rings. The molecule has 0 unspecified atom stereocenters. The van der Waals surface area contributed by atoms with Crippen molar-refractivity contribution in [2.75, 3.05) is 0 Å². The summed E-state index contributed by atoms with van der Waals surface area (Å²) in [6.45, 7) is 2.20. The van der Waals surface area contributed by atoms with Crippen LogP contribution in [-0.4, -0.2) is 17.1 Å². The summed E-state index contributed by atoms with van der Waals surface area (Å²) in [4.78, 5) is 15.6. The zero-order valence-corrected chi connectivity index (χ0v) is 11.1.